The van der Waals surface area contributed by atoms with E-state index in [0.29, 0.717) is 18.6 Å². The van der Waals surface area contributed by atoms with Crippen LogP contribution in [0.2, 0.25) is 0 Å². The summed E-state index contributed by atoms with van der Waals surface area (Å²) in [4.78, 5) is 0. The van der Waals surface area contributed by atoms with Gasteiger partial charge in [-0.05, 0) is 53.4 Å². The van der Waals surface area contributed by atoms with E-state index in [4.69, 9.17) is 4.74 Å². The third-order valence-corrected chi connectivity index (χ3v) is 4.30. The first kappa shape index (κ1) is 14.5. The number of fused-ring (bicyclic) bond motifs is 1. The van der Waals surface area contributed by atoms with Crippen LogP contribution in [0, 0.1) is 12.7 Å². The molecule has 0 spiro atoms. The Morgan fingerprint density at radius 1 is 1.33 bits per heavy atom. The average Bonchev–Trinajstić information content (AvgIpc) is 2.89. The molecule has 21 heavy (non-hydrogen) atoms. The summed E-state index contributed by atoms with van der Waals surface area (Å²) in [5.41, 5.74) is 3.62. The van der Waals surface area contributed by atoms with Gasteiger partial charge in [0.2, 0.25) is 0 Å². The number of halogens is 2. The molecule has 3 rings (SSSR count). The lowest BCUT2D eigenvalue weighted by molar-refractivity contribution is 0.176. The van der Waals surface area contributed by atoms with Gasteiger partial charge in [-0.25, -0.2) is 4.39 Å². The van der Waals surface area contributed by atoms with E-state index in [0.717, 1.165) is 33.3 Å². The molecule has 1 heterocycles. The highest BCUT2D eigenvalue weighted by Gasteiger charge is 2.21. The predicted molar refractivity (Wildman–Crippen MR) is 83.1 cm³/mol. The first-order valence-corrected chi connectivity index (χ1v) is 7.72. The fourth-order valence-corrected chi connectivity index (χ4v) is 3.34. The van der Waals surface area contributed by atoms with Gasteiger partial charge in [0.25, 0.3) is 0 Å². The van der Waals surface area contributed by atoms with Gasteiger partial charge in [0.15, 0.2) is 0 Å². The highest BCUT2D eigenvalue weighted by molar-refractivity contribution is 9.10. The molecule has 2 aromatic rings. The van der Waals surface area contributed by atoms with Crippen LogP contribution >= 0.6 is 15.9 Å². The van der Waals surface area contributed by atoms with E-state index in [2.05, 4.69) is 15.9 Å². The Labute approximate surface area is 131 Å². The quantitative estimate of drug-likeness (QED) is 0.902. The third-order valence-electron chi connectivity index (χ3n) is 3.84. The fourth-order valence-electron chi connectivity index (χ4n) is 2.79. The van der Waals surface area contributed by atoms with Crippen LogP contribution in [-0.4, -0.2) is 11.7 Å². The smallest absolute Gasteiger partial charge is 0.125 e. The number of benzene rings is 2. The van der Waals surface area contributed by atoms with Gasteiger partial charge in [0, 0.05) is 17.3 Å². The first-order chi connectivity index (χ1) is 10.0. The van der Waals surface area contributed by atoms with Gasteiger partial charge in [0.1, 0.15) is 11.6 Å². The SMILES string of the molecule is Cc1ccc(F)cc1C(O)Cc1cc(Br)cc2c1OCC2. The van der Waals surface area contributed by atoms with Crippen LogP contribution in [0.15, 0.2) is 34.8 Å². The number of aliphatic hydroxyl groups is 1. The van der Waals surface area contributed by atoms with Gasteiger partial charge < -0.3 is 9.84 Å². The van der Waals surface area contributed by atoms with E-state index in [1.54, 1.807) is 6.07 Å². The Morgan fingerprint density at radius 3 is 2.95 bits per heavy atom. The van der Waals surface area contributed by atoms with Crippen molar-refractivity contribution in [2.24, 2.45) is 0 Å². The van der Waals surface area contributed by atoms with E-state index >= 15 is 0 Å². The molecule has 2 aromatic carbocycles. The molecule has 1 aliphatic heterocycles. The second-order valence-corrected chi connectivity index (χ2v) is 6.29. The molecular formula is C17H16BrFO2. The minimum atomic E-state index is -0.747. The second-order valence-electron chi connectivity index (χ2n) is 5.37. The molecule has 0 fully saturated rings. The summed E-state index contributed by atoms with van der Waals surface area (Å²) in [6.07, 6.45) is 0.548. The highest BCUT2D eigenvalue weighted by Crippen LogP contribution is 2.35. The van der Waals surface area contributed by atoms with Gasteiger partial charge in [-0.3, -0.25) is 0 Å². The zero-order chi connectivity index (χ0) is 15.0. The standard InChI is InChI=1S/C17H16BrFO2/c1-10-2-3-14(19)9-15(10)16(20)8-12-7-13(18)6-11-4-5-21-17(11)12/h2-3,6-7,9,16,20H,4-5,8H2,1H3. The molecular weight excluding hydrogens is 335 g/mol. The summed E-state index contributed by atoms with van der Waals surface area (Å²) in [5, 5.41) is 10.5. The van der Waals surface area contributed by atoms with Crippen molar-refractivity contribution >= 4 is 15.9 Å². The molecule has 4 heteroatoms. The van der Waals surface area contributed by atoms with Crippen LogP contribution in [0.4, 0.5) is 4.39 Å². The predicted octanol–water partition coefficient (Wildman–Crippen LogP) is 4.11. The van der Waals surface area contributed by atoms with Crippen LogP contribution < -0.4 is 4.74 Å². The molecule has 1 unspecified atom stereocenters. The maximum absolute atomic E-state index is 13.4. The normalized spacial score (nSPS) is 14.7. The third kappa shape index (κ3) is 2.97. The summed E-state index contributed by atoms with van der Waals surface area (Å²) in [6, 6.07) is 8.51. The largest absolute Gasteiger partial charge is 0.493 e. The minimum Gasteiger partial charge on any atom is -0.493 e. The molecule has 0 aliphatic carbocycles. The first-order valence-electron chi connectivity index (χ1n) is 6.93. The Bertz CT molecular complexity index is 685. The Hall–Kier alpha value is -1.39. The van der Waals surface area contributed by atoms with Crippen molar-refractivity contribution in [3.63, 3.8) is 0 Å². The summed E-state index contributed by atoms with van der Waals surface area (Å²) in [7, 11) is 0. The van der Waals surface area contributed by atoms with Gasteiger partial charge in [-0.15, -0.1) is 0 Å². The Morgan fingerprint density at radius 2 is 2.14 bits per heavy atom. The van der Waals surface area contributed by atoms with E-state index in [1.807, 2.05) is 19.1 Å². The van der Waals surface area contributed by atoms with Crippen molar-refractivity contribution in [2.75, 3.05) is 6.61 Å². The lowest BCUT2D eigenvalue weighted by Gasteiger charge is -2.16. The lowest BCUT2D eigenvalue weighted by atomic mass is 9.96. The summed E-state index contributed by atoms with van der Waals surface area (Å²) in [6.45, 7) is 2.55. The van der Waals surface area contributed by atoms with Crippen LogP contribution in [0.25, 0.3) is 0 Å². The molecule has 2 nitrogen and oxygen atoms in total. The van der Waals surface area contributed by atoms with Crippen molar-refractivity contribution in [1.82, 2.24) is 0 Å². The van der Waals surface area contributed by atoms with Crippen molar-refractivity contribution < 1.29 is 14.2 Å². The van der Waals surface area contributed by atoms with E-state index < -0.39 is 6.10 Å². The number of rotatable bonds is 3. The zero-order valence-corrected chi connectivity index (χ0v) is 13.3. The van der Waals surface area contributed by atoms with Gasteiger partial charge in [0.05, 0.1) is 12.7 Å². The number of hydrogen-bond acceptors (Lipinski definition) is 2. The van der Waals surface area contributed by atoms with Crippen LogP contribution in [0.1, 0.15) is 28.4 Å². The molecule has 0 saturated carbocycles. The average molecular weight is 351 g/mol. The van der Waals surface area contributed by atoms with Crippen LogP contribution in [0.3, 0.4) is 0 Å². The molecule has 0 radical (unpaired) electrons. The molecule has 110 valence electrons. The highest BCUT2D eigenvalue weighted by atomic mass is 79.9. The molecule has 0 amide bonds. The van der Waals surface area contributed by atoms with Crippen LogP contribution in [-0.2, 0) is 12.8 Å². The molecule has 1 aliphatic rings. The summed E-state index contributed by atoms with van der Waals surface area (Å²) >= 11 is 3.49. The fraction of sp³-hybridized carbons (Fsp3) is 0.294. The Kier molecular flexibility index (Phi) is 4.00. The Balaban J connectivity index is 1.92. The molecule has 1 atom stereocenters. The molecule has 0 saturated heterocycles. The summed E-state index contributed by atoms with van der Waals surface area (Å²) in [5.74, 6) is 0.539. The lowest BCUT2D eigenvalue weighted by Crippen LogP contribution is -2.06. The van der Waals surface area contributed by atoms with E-state index in [1.165, 1.54) is 12.1 Å². The molecule has 0 bridgehead atoms. The second kappa shape index (κ2) is 5.78. The van der Waals surface area contributed by atoms with Gasteiger partial charge in [-0.1, -0.05) is 22.0 Å². The maximum atomic E-state index is 13.4. The maximum Gasteiger partial charge on any atom is 0.125 e. The van der Waals surface area contributed by atoms with Gasteiger partial charge >= 0.3 is 0 Å². The minimum absolute atomic E-state index is 0.328. The number of hydrogen-bond donors (Lipinski definition) is 1. The van der Waals surface area contributed by atoms with Crippen molar-refractivity contribution in [3.8, 4) is 5.75 Å². The molecule has 1 N–H and O–H groups in total. The number of ether oxygens (including phenoxy) is 1. The molecule has 0 aromatic heterocycles. The number of aliphatic hydroxyl groups excluding tert-OH is 1. The monoisotopic (exact) mass is 350 g/mol. The summed E-state index contributed by atoms with van der Waals surface area (Å²) < 4.78 is 20.0. The van der Waals surface area contributed by atoms with Crippen molar-refractivity contribution in [3.05, 3.63) is 62.9 Å². The van der Waals surface area contributed by atoms with Crippen molar-refractivity contribution in [2.45, 2.75) is 25.9 Å². The van der Waals surface area contributed by atoms with E-state index in [-0.39, 0.29) is 5.82 Å². The topological polar surface area (TPSA) is 29.5 Å². The van der Waals surface area contributed by atoms with Crippen molar-refractivity contribution in [1.29, 1.82) is 0 Å². The number of aryl methyl sites for hydroxylation is 1. The van der Waals surface area contributed by atoms with Gasteiger partial charge in [-0.2, -0.15) is 0 Å². The zero-order valence-electron chi connectivity index (χ0n) is 11.7. The van der Waals surface area contributed by atoms with Crippen LogP contribution in [0.5, 0.6) is 5.75 Å². The van der Waals surface area contributed by atoms with E-state index in [9.17, 15) is 9.50 Å².